The normalized spacial score (nSPS) is 13.3. The first-order chi connectivity index (χ1) is 6.49. The molecule has 0 bridgehead atoms. The topological polar surface area (TPSA) is 3.24 Å². The lowest BCUT2D eigenvalue weighted by Crippen LogP contribution is -2.26. The minimum absolute atomic E-state index is 0.0804. The van der Waals surface area contributed by atoms with Crippen LogP contribution in [0.2, 0.25) is 0 Å². The molecule has 0 heterocycles. The third-order valence-electron chi connectivity index (χ3n) is 1.76. The monoisotopic (exact) mass is 203 g/mol. The Morgan fingerprint density at radius 2 is 1.93 bits per heavy atom. The fraction of sp³-hybridized carbons (Fsp3) is 0.636. The molecule has 1 nitrogen and oxygen atoms in total. The van der Waals surface area contributed by atoms with Gasteiger partial charge in [0.2, 0.25) is 0 Å². The maximum atomic E-state index is 12.6. The number of halogens is 2. The highest BCUT2D eigenvalue weighted by Gasteiger charge is 2.15. The fourth-order valence-corrected chi connectivity index (χ4v) is 1.21. The van der Waals surface area contributed by atoms with Gasteiger partial charge >= 0.3 is 0 Å². The van der Waals surface area contributed by atoms with E-state index in [-0.39, 0.29) is 5.70 Å². The molecule has 0 rings (SSSR count). The van der Waals surface area contributed by atoms with Crippen LogP contribution in [0.5, 0.6) is 0 Å². The number of hydrogen-bond acceptors (Lipinski definition) is 1. The summed E-state index contributed by atoms with van der Waals surface area (Å²) in [6, 6.07) is 0. The molecule has 0 saturated carbocycles. The van der Waals surface area contributed by atoms with Crippen molar-refractivity contribution in [3.8, 4) is 0 Å². The Hall–Kier alpha value is -0.860. The second-order valence-corrected chi connectivity index (χ2v) is 3.69. The number of allylic oxidation sites excluding steroid dienone is 4. The maximum absolute atomic E-state index is 12.6. The van der Waals surface area contributed by atoms with Gasteiger partial charge in [0.05, 0.1) is 5.70 Å². The molecule has 82 valence electrons. The quantitative estimate of drug-likeness (QED) is 0.620. The summed E-state index contributed by atoms with van der Waals surface area (Å²) in [4.78, 5) is 1.61. The van der Waals surface area contributed by atoms with Crippen molar-refractivity contribution in [2.45, 2.75) is 27.2 Å². The minimum Gasteiger partial charge on any atom is -0.373 e. The molecular formula is C11H19F2N. The molecule has 0 saturated heterocycles. The van der Waals surface area contributed by atoms with E-state index in [1.807, 2.05) is 20.8 Å². The van der Waals surface area contributed by atoms with Crippen LogP contribution in [-0.2, 0) is 0 Å². The van der Waals surface area contributed by atoms with E-state index in [0.29, 0.717) is 12.5 Å². The fourth-order valence-electron chi connectivity index (χ4n) is 1.21. The van der Waals surface area contributed by atoms with Crippen molar-refractivity contribution in [2.24, 2.45) is 5.92 Å². The van der Waals surface area contributed by atoms with E-state index >= 15 is 0 Å². The molecule has 0 fully saturated rings. The van der Waals surface area contributed by atoms with Crippen molar-refractivity contribution < 1.29 is 8.78 Å². The Kier molecular flexibility index (Phi) is 6.17. The summed E-state index contributed by atoms with van der Waals surface area (Å²) in [6.07, 6.45) is 2.44. The standard InChI is InChI=1S/C11H19F2N/c1-5-6-7-10(11(12)13)14(4)8-9(2)3/h5-7,9,11H,8H2,1-4H3/b6-5?,10-7-. The zero-order valence-corrected chi connectivity index (χ0v) is 9.30. The first-order valence-electron chi connectivity index (χ1n) is 4.81. The highest BCUT2D eigenvalue weighted by molar-refractivity contribution is 5.13. The molecule has 0 aliphatic carbocycles. The van der Waals surface area contributed by atoms with Crippen molar-refractivity contribution >= 4 is 0 Å². The molecule has 0 radical (unpaired) electrons. The van der Waals surface area contributed by atoms with Gasteiger partial charge in [-0.1, -0.05) is 26.0 Å². The third kappa shape index (κ3) is 5.00. The summed E-state index contributed by atoms with van der Waals surface area (Å²) in [5.74, 6) is 0.382. The molecule has 0 spiro atoms. The molecule has 0 N–H and O–H groups in total. The Labute approximate surface area is 85.1 Å². The Morgan fingerprint density at radius 3 is 2.29 bits per heavy atom. The van der Waals surface area contributed by atoms with Gasteiger partial charge in [0.15, 0.2) is 0 Å². The van der Waals surface area contributed by atoms with E-state index < -0.39 is 6.43 Å². The highest BCUT2D eigenvalue weighted by Crippen LogP contribution is 2.14. The van der Waals surface area contributed by atoms with Crippen LogP contribution in [0, 0.1) is 5.92 Å². The lowest BCUT2D eigenvalue weighted by atomic mass is 10.2. The summed E-state index contributed by atoms with van der Waals surface area (Å²) in [6.45, 7) is 6.47. The Bertz CT molecular complexity index is 207. The largest absolute Gasteiger partial charge is 0.373 e. The summed E-state index contributed by atoms with van der Waals surface area (Å²) in [5.41, 5.74) is 0.0804. The lowest BCUT2D eigenvalue weighted by molar-refractivity contribution is 0.144. The Morgan fingerprint density at radius 1 is 1.36 bits per heavy atom. The lowest BCUT2D eigenvalue weighted by Gasteiger charge is -2.23. The van der Waals surface area contributed by atoms with Crippen LogP contribution < -0.4 is 0 Å². The minimum atomic E-state index is -2.41. The predicted octanol–water partition coefficient (Wildman–Crippen LogP) is 3.30. The predicted molar refractivity (Wildman–Crippen MR) is 56.4 cm³/mol. The van der Waals surface area contributed by atoms with E-state index in [1.54, 1.807) is 24.1 Å². The molecule has 0 aromatic carbocycles. The Balaban J connectivity index is 4.49. The van der Waals surface area contributed by atoms with Gasteiger partial charge in [-0.3, -0.25) is 0 Å². The first-order valence-corrected chi connectivity index (χ1v) is 4.81. The molecule has 3 heteroatoms. The molecule has 0 unspecified atom stereocenters. The molecule has 0 aromatic rings. The van der Waals surface area contributed by atoms with Gasteiger partial charge in [-0.2, -0.15) is 0 Å². The molecule has 0 atom stereocenters. The highest BCUT2D eigenvalue weighted by atomic mass is 19.3. The summed E-state index contributed by atoms with van der Waals surface area (Å²) < 4.78 is 25.2. The zero-order chi connectivity index (χ0) is 11.1. The average molecular weight is 203 g/mol. The molecule has 0 aromatic heterocycles. The van der Waals surface area contributed by atoms with E-state index in [9.17, 15) is 8.78 Å². The number of hydrogen-bond donors (Lipinski definition) is 0. The van der Waals surface area contributed by atoms with Crippen molar-refractivity contribution in [1.82, 2.24) is 4.90 Å². The van der Waals surface area contributed by atoms with Crippen molar-refractivity contribution in [3.05, 3.63) is 23.9 Å². The number of alkyl halides is 2. The van der Waals surface area contributed by atoms with Crippen LogP contribution in [0.15, 0.2) is 23.9 Å². The summed E-state index contributed by atoms with van der Waals surface area (Å²) in [7, 11) is 1.70. The summed E-state index contributed by atoms with van der Waals surface area (Å²) in [5, 5.41) is 0. The van der Waals surface area contributed by atoms with Crippen molar-refractivity contribution in [3.63, 3.8) is 0 Å². The van der Waals surface area contributed by atoms with Crippen LogP contribution in [0.1, 0.15) is 20.8 Å². The van der Waals surface area contributed by atoms with Gasteiger partial charge < -0.3 is 4.90 Å². The number of rotatable bonds is 5. The second-order valence-electron chi connectivity index (χ2n) is 3.69. The molecule has 0 amide bonds. The molecular weight excluding hydrogens is 184 g/mol. The van der Waals surface area contributed by atoms with Gasteiger partial charge in [-0.25, -0.2) is 8.78 Å². The zero-order valence-electron chi connectivity index (χ0n) is 9.30. The van der Waals surface area contributed by atoms with Crippen LogP contribution in [0.25, 0.3) is 0 Å². The van der Waals surface area contributed by atoms with Crippen LogP contribution in [0.3, 0.4) is 0 Å². The average Bonchev–Trinajstić information content (AvgIpc) is 2.02. The van der Waals surface area contributed by atoms with Gasteiger partial charge in [0.25, 0.3) is 6.43 Å². The molecule has 14 heavy (non-hydrogen) atoms. The second kappa shape index (κ2) is 6.57. The SMILES string of the molecule is CC=C/C=C(/C(F)F)N(C)CC(C)C. The van der Waals surface area contributed by atoms with Crippen LogP contribution in [-0.4, -0.2) is 24.9 Å². The van der Waals surface area contributed by atoms with E-state index in [4.69, 9.17) is 0 Å². The van der Waals surface area contributed by atoms with E-state index in [0.717, 1.165) is 0 Å². The van der Waals surface area contributed by atoms with Gasteiger partial charge in [0, 0.05) is 13.6 Å². The maximum Gasteiger partial charge on any atom is 0.278 e. The molecule has 0 aliphatic heterocycles. The third-order valence-corrected chi connectivity index (χ3v) is 1.76. The smallest absolute Gasteiger partial charge is 0.278 e. The van der Waals surface area contributed by atoms with E-state index in [1.165, 1.54) is 6.08 Å². The van der Waals surface area contributed by atoms with Gasteiger partial charge in [-0.05, 0) is 18.9 Å². The van der Waals surface area contributed by atoms with E-state index in [2.05, 4.69) is 0 Å². The number of nitrogens with zero attached hydrogens (tertiary/aromatic N) is 1. The van der Waals surface area contributed by atoms with Crippen LogP contribution >= 0.6 is 0 Å². The van der Waals surface area contributed by atoms with Gasteiger partial charge in [-0.15, -0.1) is 0 Å². The van der Waals surface area contributed by atoms with Crippen molar-refractivity contribution in [2.75, 3.05) is 13.6 Å². The van der Waals surface area contributed by atoms with Crippen LogP contribution in [0.4, 0.5) is 8.78 Å². The van der Waals surface area contributed by atoms with Gasteiger partial charge in [0.1, 0.15) is 0 Å². The first kappa shape index (κ1) is 13.1. The van der Waals surface area contributed by atoms with Crippen molar-refractivity contribution in [1.29, 1.82) is 0 Å². The summed E-state index contributed by atoms with van der Waals surface area (Å²) >= 11 is 0. The molecule has 0 aliphatic rings.